The molecule has 0 spiro atoms. The lowest BCUT2D eigenvalue weighted by molar-refractivity contribution is 0.665. The van der Waals surface area contributed by atoms with Gasteiger partial charge in [0, 0.05) is 49.4 Å². The third-order valence-electron chi connectivity index (χ3n) is 9.14. The molecule has 10 aromatic rings. The molecule has 0 aliphatic heterocycles. The van der Waals surface area contributed by atoms with Crippen molar-refractivity contribution in [2.45, 2.75) is 0 Å². The van der Waals surface area contributed by atoms with Crippen LogP contribution < -0.4 is 0 Å². The molecule has 0 aliphatic carbocycles. The Labute approximate surface area is 274 Å². The van der Waals surface area contributed by atoms with E-state index in [1.807, 2.05) is 78.9 Å². The molecule has 48 heavy (non-hydrogen) atoms. The summed E-state index contributed by atoms with van der Waals surface area (Å²) >= 11 is 0. The van der Waals surface area contributed by atoms with Gasteiger partial charge in [-0.3, -0.25) is 0 Å². The van der Waals surface area contributed by atoms with Crippen molar-refractivity contribution < 1.29 is 8.83 Å². The predicted octanol–water partition coefficient (Wildman–Crippen LogP) is 11.5. The summed E-state index contributed by atoms with van der Waals surface area (Å²) in [5.41, 5.74) is 7.88. The number of benzene rings is 7. The first kappa shape index (κ1) is 26.6. The minimum Gasteiger partial charge on any atom is -0.455 e. The summed E-state index contributed by atoms with van der Waals surface area (Å²) in [6, 6.07) is 51.4. The average Bonchev–Trinajstić information content (AvgIpc) is 3.75. The Balaban J connectivity index is 1.26. The third kappa shape index (κ3) is 4.08. The summed E-state index contributed by atoms with van der Waals surface area (Å²) in [6.45, 7) is 0. The van der Waals surface area contributed by atoms with E-state index in [4.69, 9.17) is 23.8 Å². The molecule has 0 fully saturated rings. The van der Waals surface area contributed by atoms with Gasteiger partial charge in [-0.2, -0.15) is 0 Å². The van der Waals surface area contributed by atoms with E-state index in [0.717, 1.165) is 71.7 Å². The number of hydrogen-bond donors (Lipinski definition) is 0. The fraction of sp³-hybridized carbons (Fsp3) is 0. The normalized spacial score (nSPS) is 11.8. The molecular formula is C43H25N3O2. The van der Waals surface area contributed by atoms with Gasteiger partial charge in [-0.1, -0.05) is 127 Å². The van der Waals surface area contributed by atoms with E-state index >= 15 is 0 Å². The Kier molecular flexibility index (Phi) is 5.81. The molecule has 0 radical (unpaired) electrons. The van der Waals surface area contributed by atoms with Gasteiger partial charge in [-0.25, -0.2) is 15.0 Å². The van der Waals surface area contributed by atoms with E-state index in [0.29, 0.717) is 17.5 Å². The minimum atomic E-state index is 0.583. The molecule has 0 N–H and O–H groups in total. The molecule has 224 valence electrons. The van der Waals surface area contributed by atoms with E-state index in [1.54, 1.807) is 0 Å². The molecule has 3 heterocycles. The summed E-state index contributed by atoms with van der Waals surface area (Å²) in [7, 11) is 0. The summed E-state index contributed by atoms with van der Waals surface area (Å²) < 4.78 is 13.3. The zero-order valence-electron chi connectivity index (χ0n) is 25.6. The quantitative estimate of drug-likeness (QED) is 0.197. The molecule has 0 unspecified atom stereocenters. The number of furan rings is 2. The van der Waals surface area contributed by atoms with E-state index in [9.17, 15) is 0 Å². The van der Waals surface area contributed by atoms with Crippen LogP contribution in [0.2, 0.25) is 0 Å². The molecule has 0 saturated carbocycles. The van der Waals surface area contributed by atoms with Crippen LogP contribution in [0, 0.1) is 0 Å². The van der Waals surface area contributed by atoms with Gasteiger partial charge in [0.15, 0.2) is 17.5 Å². The van der Waals surface area contributed by atoms with Crippen LogP contribution in [0.25, 0.3) is 99.9 Å². The lowest BCUT2D eigenvalue weighted by atomic mass is 9.96. The van der Waals surface area contributed by atoms with Crippen LogP contribution in [0.15, 0.2) is 160 Å². The van der Waals surface area contributed by atoms with E-state index in [1.165, 1.54) is 10.8 Å². The van der Waals surface area contributed by atoms with Crippen molar-refractivity contribution in [3.05, 3.63) is 152 Å². The van der Waals surface area contributed by atoms with Crippen LogP contribution in [0.3, 0.4) is 0 Å². The highest BCUT2D eigenvalue weighted by Crippen LogP contribution is 2.45. The topological polar surface area (TPSA) is 65.0 Å². The van der Waals surface area contributed by atoms with E-state index in [-0.39, 0.29) is 0 Å². The molecule has 0 amide bonds. The number of nitrogens with zero attached hydrogens (tertiary/aromatic N) is 3. The van der Waals surface area contributed by atoms with Crippen LogP contribution in [-0.4, -0.2) is 15.0 Å². The number of para-hydroxylation sites is 2. The summed E-state index contributed by atoms with van der Waals surface area (Å²) in [6.07, 6.45) is 0. The van der Waals surface area contributed by atoms with Crippen molar-refractivity contribution in [2.75, 3.05) is 0 Å². The molecule has 5 heteroatoms. The fourth-order valence-corrected chi connectivity index (χ4v) is 6.94. The van der Waals surface area contributed by atoms with Crippen molar-refractivity contribution in [1.82, 2.24) is 15.0 Å². The van der Waals surface area contributed by atoms with E-state index in [2.05, 4.69) is 72.8 Å². The summed E-state index contributed by atoms with van der Waals surface area (Å²) in [5, 5.41) is 6.50. The van der Waals surface area contributed by atoms with Gasteiger partial charge in [0.2, 0.25) is 0 Å². The number of aromatic nitrogens is 3. The lowest BCUT2D eigenvalue weighted by Crippen LogP contribution is -2.00. The third-order valence-corrected chi connectivity index (χ3v) is 9.14. The second-order valence-corrected chi connectivity index (χ2v) is 11.9. The maximum absolute atomic E-state index is 6.71. The zero-order chi connectivity index (χ0) is 31.6. The molecule has 3 aromatic heterocycles. The second-order valence-electron chi connectivity index (χ2n) is 11.9. The van der Waals surface area contributed by atoms with E-state index < -0.39 is 0 Å². The molecule has 0 aliphatic rings. The largest absolute Gasteiger partial charge is 0.455 e. The Bertz CT molecular complexity index is 2780. The Morgan fingerprint density at radius 3 is 1.69 bits per heavy atom. The first-order valence-electron chi connectivity index (χ1n) is 15.9. The minimum absolute atomic E-state index is 0.583. The number of rotatable bonds is 4. The predicted molar refractivity (Wildman–Crippen MR) is 194 cm³/mol. The smallest absolute Gasteiger partial charge is 0.164 e. The number of hydrogen-bond acceptors (Lipinski definition) is 5. The molecule has 0 atom stereocenters. The molecule has 0 bridgehead atoms. The molecule has 7 aromatic carbocycles. The van der Waals surface area contributed by atoms with Gasteiger partial charge in [0.25, 0.3) is 0 Å². The maximum atomic E-state index is 6.71. The monoisotopic (exact) mass is 615 g/mol. The highest BCUT2D eigenvalue weighted by molar-refractivity contribution is 6.22. The number of fused-ring (bicyclic) bond motifs is 8. The molecule has 5 nitrogen and oxygen atoms in total. The Hall–Kier alpha value is -6.59. The fourth-order valence-electron chi connectivity index (χ4n) is 6.94. The van der Waals surface area contributed by atoms with Crippen molar-refractivity contribution >= 4 is 54.6 Å². The Morgan fingerprint density at radius 1 is 0.333 bits per heavy atom. The van der Waals surface area contributed by atoms with Crippen LogP contribution >= 0.6 is 0 Å². The van der Waals surface area contributed by atoms with Gasteiger partial charge in [-0.05, 0) is 35.0 Å². The second kappa shape index (κ2) is 10.5. The van der Waals surface area contributed by atoms with Crippen molar-refractivity contribution in [3.8, 4) is 45.3 Å². The summed E-state index contributed by atoms with van der Waals surface area (Å²) in [4.78, 5) is 15.0. The van der Waals surface area contributed by atoms with Gasteiger partial charge < -0.3 is 8.83 Å². The van der Waals surface area contributed by atoms with Crippen LogP contribution in [-0.2, 0) is 0 Å². The zero-order valence-corrected chi connectivity index (χ0v) is 25.6. The van der Waals surface area contributed by atoms with Crippen molar-refractivity contribution in [1.29, 1.82) is 0 Å². The van der Waals surface area contributed by atoms with Crippen LogP contribution in [0.5, 0.6) is 0 Å². The highest BCUT2D eigenvalue weighted by Gasteiger charge is 2.23. The van der Waals surface area contributed by atoms with Crippen LogP contribution in [0.4, 0.5) is 0 Å². The Morgan fingerprint density at radius 2 is 0.917 bits per heavy atom. The molecular weight excluding hydrogens is 590 g/mol. The van der Waals surface area contributed by atoms with Crippen LogP contribution in [0.1, 0.15) is 0 Å². The molecule has 0 saturated heterocycles. The van der Waals surface area contributed by atoms with Gasteiger partial charge >= 0.3 is 0 Å². The summed E-state index contributed by atoms with van der Waals surface area (Å²) in [5.74, 6) is 1.81. The average molecular weight is 616 g/mol. The lowest BCUT2D eigenvalue weighted by Gasteiger charge is -2.11. The van der Waals surface area contributed by atoms with Crippen molar-refractivity contribution in [3.63, 3.8) is 0 Å². The van der Waals surface area contributed by atoms with Gasteiger partial charge in [0.05, 0.1) is 0 Å². The first-order valence-corrected chi connectivity index (χ1v) is 15.9. The standard InChI is InChI=1S/C43H25N3O2/c1-3-13-27(14-4-1)41-44-42(28-15-5-2-6-16-28)46-43(45-41)34-24-23-31(40-38(34)32-18-9-10-21-35(32)47-40)30-19-11-20-33-37-29-17-8-7-12-26(29)22-25-36(37)48-39(30)33/h1-25H. The van der Waals surface area contributed by atoms with Gasteiger partial charge in [0.1, 0.15) is 22.3 Å². The SMILES string of the molecule is c1ccc(-c2nc(-c3ccccc3)nc(-c3ccc(-c4cccc5c4oc4ccc6ccccc6c45)c4oc5ccccc5c34)n2)cc1. The highest BCUT2D eigenvalue weighted by atomic mass is 16.3. The molecule has 10 rings (SSSR count). The first-order chi connectivity index (χ1) is 23.8. The maximum Gasteiger partial charge on any atom is 0.164 e. The van der Waals surface area contributed by atoms with Gasteiger partial charge in [-0.15, -0.1) is 0 Å². The van der Waals surface area contributed by atoms with Crippen molar-refractivity contribution in [2.24, 2.45) is 0 Å².